The molecule has 3 heterocycles. The molecule has 0 saturated carbocycles. The van der Waals surface area contributed by atoms with E-state index in [1.54, 1.807) is 23.3 Å². The number of amides is 1. The number of nitrogens with zero attached hydrogens (tertiary/aromatic N) is 3. The van der Waals surface area contributed by atoms with Crippen LogP contribution in [0.3, 0.4) is 0 Å². The van der Waals surface area contributed by atoms with Crippen LogP contribution in [0, 0.1) is 0 Å². The lowest BCUT2D eigenvalue weighted by molar-refractivity contribution is -0.131. The number of nitrogens with one attached hydrogen (secondary N) is 1. The molecule has 1 aliphatic rings. The zero-order valence-corrected chi connectivity index (χ0v) is 19.1. The highest BCUT2D eigenvalue weighted by atomic mass is 32.2. The van der Waals surface area contributed by atoms with E-state index in [1.807, 2.05) is 30.3 Å². The molecule has 1 atom stereocenters. The van der Waals surface area contributed by atoms with Gasteiger partial charge in [-0.3, -0.25) is 4.79 Å². The van der Waals surface area contributed by atoms with E-state index < -0.39 is 9.84 Å². The molecule has 0 spiro atoms. The second-order valence-electron chi connectivity index (χ2n) is 7.16. The van der Waals surface area contributed by atoms with E-state index in [9.17, 15) is 13.2 Å². The number of carbonyl (C=O) groups is 1. The summed E-state index contributed by atoms with van der Waals surface area (Å²) in [6, 6.07) is 13.2. The molecule has 0 unspecified atom stereocenters. The van der Waals surface area contributed by atoms with Crippen molar-refractivity contribution in [2.45, 2.75) is 29.9 Å². The molecule has 0 bridgehead atoms. The summed E-state index contributed by atoms with van der Waals surface area (Å²) < 4.78 is 29.9. The summed E-state index contributed by atoms with van der Waals surface area (Å²) in [5, 5.41) is 12.2. The van der Waals surface area contributed by atoms with Gasteiger partial charge < -0.3 is 14.6 Å². The smallest absolute Gasteiger partial charge is 0.233 e. The van der Waals surface area contributed by atoms with Crippen LogP contribution in [-0.2, 0) is 27.7 Å². The second kappa shape index (κ2) is 9.84. The van der Waals surface area contributed by atoms with E-state index in [0.717, 1.165) is 5.56 Å². The number of hydrogen-bond donors (Lipinski definition) is 1. The zero-order valence-electron chi connectivity index (χ0n) is 16.6. The Morgan fingerprint density at radius 3 is 2.77 bits per heavy atom. The molecule has 164 valence electrons. The summed E-state index contributed by atoms with van der Waals surface area (Å²) in [5.41, 5.74) is 1.14. The van der Waals surface area contributed by atoms with Crippen molar-refractivity contribution in [3.63, 3.8) is 0 Å². The third kappa shape index (κ3) is 6.08. The average molecular weight is 479 g/mol. The third-order valence-corrected chi connectivity index (χ3v) is 8.64. The van der Waals surface area contributed by atoms with Crippen LogP contribution in [0.2, 0.25) is 0 Å². The highest BCUT2D eigenvalue weighted by molar-refractivity contribution is 8.01. The first-order valence-corrected chi connectivity index (χ1v) is 13.4. The fourth-order valence-corrected chi connectivity index (χ4v) is 6.70. The Kier molecular flexibility index (Phi) is 6.93. The highest BCUT2D eigenvalue weighted by Gasteiger charge is 2.35. The molecule has 1 aromatic carbocycles. The molecular weight excluding hydrogens is 456 g/mol. The van der Waals surface area contributed by atoms with Gasteiger partial charge in [-0.1, -0.05) is 53.4 Å². The standard InChI is InChI=1S/C20H22N4O4S3/c25-18(24(12-17-7-4-9-28-17)16-8-10-31(26,27)14-16)13-29-20-23-22-19(30-20)21-11-15-5-2-1-3-6-15/h1-7,9,16H,8,10-14H2,(H,21,22)/t16-/m1/s1. The van der Waals surface area contributed by atoms with Gasteiger partial charge in [0, 0.05) is 12.6 Å². The Bertz CT molecular complexity index is 1100. The van der Waals surface area contributed by atoms with Crippen LogP contribution in [-0.4, -0.2) is 52.7 Å². The van der Waals surface area contributed by atoms with Crippen molar-refractivity contribution in [2.75, 3.05) is 22.6 Å². The summed E-state index contributed by atoms with van der Waals surface area (Å²) in [7, 11) is -3.11. The summed E-state index contributed by atoms with van der Waals surface area (Å²) in [4.78, 5) is 14.6. The van der Waals surface area contributed by atoms with Crippen LogP contribution < -0.4 is 5.32 Å². The molecule has 3 aromatic rings. The molecule has 31 heavy (non-hydrogen) atoms. The third-order valence-electron chi connectivity index (χ3n) is 4.89. The summed E-state index contributed by atoms with van der Waals surface area (Å²) in [6.45, 7) is 0.902. The van der Waals surface area contributed by atoms with Crippen molar-refractivity contribution in [3.05, 3.63) is 60.1 Å². The summed E-state index contributed by atoms with van der Waals surface area (Å²) in [6.07, 6.45) is 2.00. The lowest BCUT2D eigenvalue weighted by Gasteiger charge is -2.27. The topological polar surface area (TPSA) is 105 Å². The van der Waals surface area contributed by atoms with Gasteiger partial charge in [0.05, 0.1) is 30.1 Å². The number of benzene rings is 1. The molecule has 4 rings (SSSR count). The van der Waals surface area contributed by atoms with Gasteiger partial charge in [-0.2, -0.15) is 0 Å². The van der Waals surface area contributed by atoms with E-state index in [4.69, 9.17) is 4.42 Å². The van der Waals surface area contributed by atoms with Crippen molar-refractivity contribution in [2.24, 2.45) is 0 Å². The number of thioether (sulfide) groups is 1. The Hall–Kier alpha value is -2.37. The fourth-order valence-electron chi connectivity index (χ4n) is 3.33. The minimum absolute atomic E-state index is 0.00350. The molecule has 1 N–H and O–H groups in total. The minimum Gasteiger partial charge on any atom is -0.467 e. The first-order chi connectivity index (χ1) is 15.0. The lowest BCUT2D eigenvalue weighted by Crippen LogP contribution is -2.41. The SMILES string of the molecule is O=C(CSc1nnc(NCc2ccccc2)s1)N(Cc1ccco1)[C@@H]1CCS(=O)(=O)C1. The monoisotopic (exact) mass is 478 g/mol. The number of rotatable bonds is 9. The molecule has 8 nitrogen and oxygen atoms in total. The molecular formula is C20H22N4O4S3. The van der Waals surface area contributed by atoms with Gasteiger partial charge in [0.2, 0.25) is 11.0 Å². The predicted octanol–water partition coefficient (Wildman–Crippen LogP) is 3.05. The Balaban J connectivity index is 1.34. The van der Waals surface area contributed by atoms with Crippen LogP contribution >= 0.6 is 23.1 Å². The molecule has 2 aromatic heterocycles. The van der Waals surface area contributed by atoms with E-state index in [1.165, 1.54) is 23.1 Å². The number of sulfone groups is 1. The predicted molar refractivity (Wildman–Crippen MR) is 121 cm³/mol. The number of aromatic nitrogens is 2. The first-order valence-electron chi connectivity index (χ1n) is 9.75. The Morgan fingerprint density at radius 2 is 2.06 bits per heavy atom. The van der Waals surface area contributed by atoms with E-state index >= 15 is 0 Å². The van der Waals surface area contributed by atoms with Crippen LogP contribution in [0.15, 0.2) is 57.5 Å². The molecule has 0 aliphatic carbocycles. The molecule has 0 radical (unpaired) electrons. The largest absolute Gasteiger partial charge is 0.467 e. The maximum atomic E-state index is 13.0. The molecule has 11 heteroatoms. The number of anilines is 1. The molecule has 1 amide bonds. The van der Waals surface area contributed by atoms with Gasteiger partial charge >= 0.3 is 0 Å². The van der Waals surface area contributed by atoms with Crippen molar-refractivity contribution < 1.29 is 17.6 Å². The van der Waals surface area contributed by atoms with Gasteiger partial charge in [-0.05, 0) is 24.1 Å². The number of furan rings is 1. The first kappa shape index (κ1) is 21.8. The van der Waals surface area contributed by atoms with Crippen LogP contribution in [0.1, 0.15) is 17.7 Å². The van der Waals surface area contributed by atoms with Gasteiger partial charge in [0.1, 0.15) is 5.76 Å². The lowest BCUT2D eigenvalue weighted by atomic mass is 10.2. The van der Waals surface area contributed by atoms with Crippen LogP contribution in [0.5, 0.6) is 0 Å². The van der Waals surface area contributed by atoms with Crippen molar-refractivity contribution in [1.29, 1.82) is 0 Å². The number of carbonyl (C=O) groups excluding carboxylic acids is 1. The zero-order chi connectivity index (χ0) is 21.7. The van der Waals surface area contributed by atoms with Crippen LogP contribution in [0.4, 0.5) is 5.13 Å². The van der Waals surface area contributed by atoms with Gasteiger partial charge in [-0.25, -0.2) is 8.42 Å². The summed E-state index contributed by atoms with van der Waals surface area (Å²) in [5.74, 6) is 0.754. The van der Waals surface area contributed by atoms with Gasteiger partial charge in [0.25, 0.3) is 0 Å². The van der Waals surface area contributed by atoms with Gasteiger partial charge in [0.15, 0.2) is 14.2 Å². The maximum absolute atomic E-state index is 13.0. The summed E-state index contributed by atoms with van der Waals surface area (Å²) >= 11 is 2.69. The molecule has 1 fully saturated rings. The molecule has 1 aliphatic heterocycles. The Labute approximate surface area is 189 Å². The Morgan fingerprint density at radius 1 is 1.23 bits per heavy atom. The van der Waals surface area contributed by atoms with Crippen molar-refractivity contribution >= 4 is 44.0 Å². The minimum atomic E-state index is -3.11. The molecule has 1 saturated heterocycles. The normalized spacial score (nSPS) is 17.5. The van der Waals surface area contributed by atoms with E-state index in [-0.39, 0.29) is 35.8 Å². The van der Waals surface area contributed by atoms with Crippen LogP contribution in [0.25, 0.3) is 0 Å². The quantitative estimate of drug-likeness (QED) is 0.468. The fraction of sp³-hybridized carbons (Fsp3) is 0.350. The van der Waals surface area contributed by atoms with E-state index in [2.05, 4.69) is 15.5 Å². The van der Waals surface area contributed by atoms with Gasteiger partial charge in [-0.15, -0.1) is 10.2 Å². The van der Waals surface area contributed by atoms with Crippen molar-refractivity contribution in [1.82, 2.24) is 15.1 Å². The van der Waals surface area contributed by atoms with E-state index in [0.29, 0.717) is 28.2 Å². The highest BCUT2D eigenvalue weighted by Crippen LogP contribution is 2.27. The number of hydrogen-bond acceptors (Lipinski definition) is 9. The van der Waals surface area contributed by atoms with Crippen molar-refractivity contribution in [3.8, 4) is 0 Å². The maximum Gasteiger partial charge on any atom is 0.233 e. The average Bonchev–Trinajstić information content (AvgIpc) is 3.51. The second-order valence-corrected chi connectivity index (χ2v) is 11.6.